The minimum Gasteiger partial charge on any atom is -0.359 e. The number of imidazole rings is 1. The van der Waals surface area contributed by atoms with Crippen molar-refractivity contribution in [2.45, 2.75) is 17.0 Å². The minimum atomic E-state index is 0.511. The van der Waals surface area contributed by atoms with Crippen molar-refractivity contribution in [3.8, 4) is 6.07 Å². The molecular weight excluding hydrogens is 374 g/mol. The molecule has 0 amide bonds. The lowest BCUT2D eigenvalue weighted by Gasteiger charge is -2.07. The maximum absolute atomic E-state index is 9.44. The fraction of sp³-hybridized carbons (Fsp3) is 0.0500. The molecule has 2 aromatic heterocycles. The van der Waals surface area contributed by atoms with Gasteiger partial charge in [-0.3, -0.25) is 0 Å². The maximum Gasteiger partial charge on any atom is 0.171 e. The molecule has 0 spiro atoms. The number of rotatable bonds is 5. The molecule has 0 saturated carbocycles. The van der Waals surface area contributed by atoms with E-state index in [1.165, 1.54) is 11.3 Å². The number of hydrogen-bond acceptors (Lipinski definition) is 6. The number of nitrogens with one attached hydrogen (secondary N) is 2. The summed E-state index contributed by atoms with van der Waals surface area (Å²) < 4.78 is 0. The minimum absolute atomic E-state index is 0.511. The Balaban J connectivity index is 1.59. The van der Waals surface area contributed by atoms with Gasteiger partial charge in [0.05, 0.1) is 16.7 Å². The molecule has 2 N–H and O–H groups in total. The van der Waals surface area contributed by atoms with Crippen LogP contribution in [0.2, 0.25) is 0 Å². The third-order valence-corrected chi connectivity index (χ3v) is 5.76. The van der Waals surface area contributed by atoms with Crippen LogP contribution in [0.3, 0.4) is 0 Å². The monoisotopic (exact) mass is 389 g/mol. The van der Waals surface area contributed by atoms with E-state index < -0.39 is 0 Å². The van der Waals surface area contributed by atoms with Gasteiger partial charge in [0.15, 0.2) is 5.16 Å². The molecule has 7 heteroatoms. The number of nitriles is 1. The Morgan fingerprint density at radius 3 is 2.78 bits per heavy atom. The molecule has 0 atom stereocenters. The van der Waals surface area contributed by atoms with Gasteiger partial charge in [-0.05, 0) is 43.0 Å². The lowest BCUT2D eigenvalue weighted by atomic mass is 10.3. The first-order valence-electron chi connectivity index (χ1n) is 8.24. The summed E-state index contributed by atoms with van der Waals surface area (Å²) in [5.74, 6) is 0. The fourth-order valence-corrected chi connectivity index (χ4v) is 4.19. The Bertz CT molecular complexity index is 1130. The molecule has 0 saturated heterocycles. The number of aromatic nitrogens is 3. The molecule has 0 aliphatic heterocycles. The molecule has 27 heavy (non-hydrogen) atoms. The van der Waals surface area contributed by atoms with E-state index in [4.69, 9.17) is 0 Å². The second-order valence-electron chi connectivity index (χ2n) is 5.77. The standard InChI is InChI=1S/C20H15N5S2/c1-13-12-26-19(23-13)14(10-21)11-22-17-8-4-5-9-18(17)27-20-24-15-6-2-3-7-16(15)25-20/h2-9,11-12,22H,1H3,(H,24,25)/b14-11+. The van der Waals surface area contributed by atoms with Crippen LogP contribution in [0.15, 0.2) is 70.2 Å². The van der Waals surface area contributed by atoms with E-state index in [1.54, 1.807) is 18.0 Å². The van der Waals surface area contributed by atoms with Crippen LogP contribution in [0, 0.1) is 18.3 Å². The molecule has 0 aliphatic rings. The summed E-state index contributed by atoms with van der Waals surface area (Å²) in [5.41, 5.74) is 4.28. The first-order valence-corrected chi connectivity index (χ1v) is 9.93. The van der Waals surface area contributed by atoms with Crippen LogP contribution in [0.25, 0.3) is 16.6 Å². The summed E-state index contributed by atoms with van der Waals surface area (Å²) in [5, 5.41) is 16.2. The number of aryl methyl sites for hydroxylation is 1. The molecule has 0 unspecified atom stereocenters. The van der Waals surface area contributed by atoms with Crippen molar-refractivity contribution in [1.29, 1.82) is 5.26 Å². The van der Waals surface area contributed by atoms with Crippen LogP contribution in [0.1, 0.15) is 10.7 Å². The average Bonchev–Trinajstić information content (AvgIpc) is 3.29. The molecule has 0 radical (unpaired) electrons. The van der Waals surface area contributed by atoms with Gasteiger partial charge in [-0.25, -0.2) is 9.97 Å². The topological polar surface area (TPSA) is 77.4 Å². The molecule has 0 aliphatic carbocycles. The Labute approximate surface area is 164 Å². The number of anilines is 1. The van der Waals surface area contributed by atoms with Gasteiger partial charge in [0.2, 0.25) is 0 Å². The zero-order valence-electron chi connectivity index (χ0n) is 14.4. The first-order chi connectivity index (χ1) is 13.2. The summed E-state index contributed by atoms with van der Waals surface area (Å²) in [6.45, 7) is 1.92. The van der Waals surface area contributed by atoms with Crippen LogP contribution in [-0.2, 0) is 0 Å². The molecular formula is C20H15N5S2. The van der Waals surface area contributed by atoms with Gasteiger partial charge in [-0.2, -0.15) is 5.26 Å². The number of hydrogen-bond donors (Lipinski definition) is 2. The zero-order chi connectivity index (χ0) is 18.6. The Hall–Kier alpha value is -3.08. The van der Waals surface area contributed by atoms with Crippen LogP contribution in [0.5, 0.6) is 0 Å². The zero-order valence-corrected chi connectivity index (χ0v) is 16.1. The van der Waals surface area contributed by atoms with Gasteiger partial charge >= 0.3 is 0 Å². The van der Waals surface area contributed by atoms with Gasteiger partial charge in [0.1, 0.15) is 16.6 Å². The number of para-hydroxylation sites is 3. The number of thiazole rings is 1. The Morgan fingerprint density at radius 2 is 2.00 bits per heavy atom. The van der Waals surface area contributed by atoms with Gasteiger partial charge in [0.25, 0.3) is 0 Å². The molecule has 4 rings (SSSR count). The van der Waals surface area contributed by atoms with Crippen molar-refractivity contribution in [1.82, 2.24) is 15.0 Å². The van der Waals surface area contributed by atoms with Crippen LogP contribution >= 0.6 is 23.1 Å². The Morgan fingerprint density at radius 1 is 1.19 bits per heavy atom. The predicted molar refractivity (Wildman–Crippen MR) is 111 cm³/mol. The second kappa shape index (κ2) is 7.66. The summed E-state index contributed by atoms with van der Waals surface area (Å²) in [6.07, 6.45) is 1.70. The highest BCUT2D eigenvalue weighted by Crippen LogP contribution is 2.33. The average molecular weight is 390 g/mol. The smallest absolute Gasteiger partial charge is 0.171 e. The number of nitrogens with zero attached hydrogens (tertiary/aromatic N) is 3. The quantitative estimate of drug-likeness (QED) is 0.443. The van der Waals surface area contributed by atoms with E-state index in [0.29, 0.717) is 10.6 Å². The third-order valence-electron chi connectivity index (χ3n) is 3.80. The third kappa shape index (κ3) is 3.87. The van der Waals surface area contributed by atoms with Crippen molar-refractivity contribution in [2.24, 2.45) is 0 Å². The van der Waals surface area contributed by atoms with E-state index in [9.17, 15) is 5.26 Å². The normalized spacial score (nSPS) is 11.5. The summed E-state index contributed by atoms with van der Waals surface area (Å²) in [6, 6.07) is 18.1. The summed E-state index contributed by atoms with van der Waals surface area (Å²) in [4.78, 5) is 13.3. The van der Waals surface area contributed by atoms with Crippen LogP contribution in [0.4, 0.5) is 5.69 Å². The predicted octanol–water partition coefficient (Wildman–Crippen LogP) is 5.46. The van der Waals surface area contributed by atoms with E-state index in [1.807, 2.05) is 60.8 Å². The molecule has 132 valence electrons. The van der Waals surface area contributed by atoms with Crippen molar-refractivity contribution >= 4 is 45.4 Å². The Kier molecular flexibility index (Phi) is 4.92. The van der Waals surface area contributed by atoms with Crippen LogP contribution < -0.4 is 5.32 Å². The first kappa shape index (κ1) is 17.3. The SMILES string of the molecule is Cc1csc(/C(C#N)=C/Nc2ccccc2Sc2nc3ccccc3[nH]2)n1. The van der Waals surface area contributed by atoms with Crippen molar-refractivity contribution in [3.05, 3.63) is 70.8 Å². The summed E-state index contributed by atoms with van der Waals surface area (Å²) in [7, 11) is 0. The van der Waals surface area contributed by atoms with Gasteiger partial charge in [-0.15, -0.1) is 11.3 Å². The largest absolute Gasteiger partial charge is 0.359 e. The molecule has 0 bridgehead atoms. The van der Waals surface area contributed by atoms with E-state index in [-0.39, 0.29) is 0 Å². The van der Waals surface area contributed by atoms with Crippen molar-refractivity contribution in [2.75, 3.05) is 5.32 Å². The number of aromatic amines is 1. The molecule has 4 aromatic rings. The lowest BCUT2D eigenvalue weighted by Crippen LogP contribution is -1.93. The highest BCUT2D eigenvalue weighted by molar-refractivity contribution is 7.99. The second-order valence-corrected chi connectivity index (χ2v) is 7.65. The highest BCUT2D eigenvalue weighted by atomic mass is 32.2. The lowest BCUT2D eigenvalue weighted by molar-refractivity contribution is 1.08. The number of benzene rings is 2. The number of allylic oxidation sites excluding steroid dienone is 1. The maximum atomic E-state index is 9.44. The van der Waals surface area contributed by atoms with Crippen molar-refractivity contribution in [3.63, 3.8) is 0 Å². The summed E-state index contributed by atoms with van der Waals surface area (Å²) >= 11 is 3.01. The van der Waals surface area contributed by atoms with Gasteiger partial charge in [0, 0.05) is 22.2 Å². The fourth-order valence-electron chi connectivity index (χ4n) is 2.53. The number of H-pyrrole nitrogens is 1. The van der Waals surface area contributed by atoms with E-state index in [2.05, 4.69) is 26.3 Å². The molecule has 2 heterocycles. The van der Waals surface area contributed by atoms with Gasteiger partial charge < -0.3 is 10.3 Å². The molecule has 5 nitrogen and oxygen atoms in total. The molecule has 2 aromatic carbocycles. The van der Waals surface area contributed by atoms with Crippen LogP contribution in [-0.4, -0.2) is 15.0 Å². The molecule has 0 fully saturated rings. The van der Waals surface area contributed by atoms with E-state index >= 15 is 0 Å². The number of fused-ring (bicyclic) bond motifs is 1. The van der Waals surface area contributed by atoms with Gasteiger partial charge in [-0.1, -0.05) is 24.3 Å². The highest BCUT2D eigenvalue weighted by Gasteiger charge is 2.09. The van der Waals surface area contributed by atoms with Crippen molar-refractivity contribution < 1.29 is 0 Å². The van der Waals surface area contributed by atoms with E-state index in [0.717, 1.165) is 32.5 Å².